The zero-order valence-corrected chi connectivity index (χ0v) is 18.1. The number of nitrogens with zero attached hydrogens (tertiary/aromatic N) is 1. The van der Waals surface area contributed by atoms with E-state index in [9.17, 15) is 9.59 Å². The van der Waals surface area contributed by atoms with Crippen LogP contribution in [-0.4, -0.2) is 29.8 Å². The molecule has 1 saturated heterocycles. The van der Waals surface area contributed by atoms with Gasteiger partial charge in [-0.1, -0.05) is 54.1 Å². The van der Waals surface area contributed by atoms with Gasteiger partial charge in [-0.15, -0.1) is 0 Å². The lowest BCUT2D eigenvalue weighted by atomic mass is 9.90. The number of hydrogen-bond donors (Lipinski definition) is 1. The Morgan fingerprint density at radius 3 is 2.35 bits per heavy atom. The molecule has 31 heavy (non-hydrogen) atoms. The van der Waals surface area contributed by atoms with Crippen LogP contribution in [0, 0.1) is 30.6 Å². The quantitative estimate of drug-likeness (QED) is 0.712. The number of carbonyl (C=O) groups excluding carboxylic acids is 2. The number of likely N-dealkylation sites (tertiary alicyclic amines) is 1. The molecule has 2 aliphatic carbocycles. The minimum absolute atomic E-state index is 0.0274. The van der Waals surface area contributed by atoms with Crippen molar-refractivity contribution in [1.82, 2.24) is 4.90 Å². The van der Waals surface area contributed by atoms with Crippen LogP contribution >= 0.6 is 0 Å². The van der Waals surface area contributed by atoms with Crippen LogP contribution in [0.5, 0.6) is 0 Å². The van der Waals surface area contributed by atoms with E-state index in [-0.39, 0.29) is 17.7 Å². The smallest absolute Gasteiger partial charge is 0.227 e. The Kier molecular flexibility index (Phi) is 5.39. The van der Waals surface area contributed by atoms with Crippen molar-refractivity contribution in [3.8, 4) is 11.1 Å². The monoisotopic (exact) mass is 414 g/mol. The third-order valence-corrected chi connectivity index (χ3v) is 7.28. The van der Waals surface area contributed by atoms with Crippen LogP contribution in [-0.2, 0) is 9.59 Å². The predicted molar refractivity (Wildman–Crippen MR) is 123 cm³/mol. The number of anilines is 1. The second-order valence-electron chi connectivity index (χ2n) is 9.42. The highest BCUT2D eigenvalue weighted by molar-refractivity contribution is 5.93. The van der Waals surface area contributed by atoms with Crippen molar-refractivity contribution in [2.45, 2.75) is 32.6 Å². The zero-order chi connectivity index (χ0) is 21.4. The normalized spacial score (nSPS) is 25.1. The molecule has 0 aromatic heterocycles. The summed E-state index contributed by atoms with van der Waals surface area (Å²) < 4.78 is 0. The third kappa shape index (κ3) is 4.16. The number of fused-ring (bicyclic) bond motifs is 2. The average Bonchev–Trinajstić information content (AvgIpc) is 3.43. The lowest BCUT2D eigenvalue weighted by Crippen LogP contribution is -2.44. The van der Waals surface area contributed by atoms with Crippen molar-refractivity contribution >= 4 is 17.5 Å². The topological polar surface area (TPSA) is 49.4 Å². The number of amides is 2. The Morgan fingerprint density at radius 2 is 1.71 bits per heavy atom. The van der Waals surface area contributed by atoms with Gasteiger partial charge in [0.15, 0.2) is 0 Å². The van der Waals surface area contributed by atoms with E-state index in [2.05, 4.69) is 60.8 Å². The van der Waals surface area contributed by atoms with Gasteiger partial charge in [0.2, 0.25) is 11.8 Å². The van der Waals surface area contributed by atoms with Crippen molar-refractivity contribution < 1.29 is 9.59 Å². The number of benzene rings is 2. The van der Waals surface area contributed by atoms with Crippen LogP contribution in [0.1, 0.15) is 31.2 Å². The molecular formula is C27H30N2O2. The van der Waals surface area contributed by atoms with E-state index >= 15 is 0 Å². The summed E-state index contributed by atoms with van der Waals surface area (Å²) in [6.07, 6.45) is 8.17. The molecule has 0 spiro atoms. The maximum absolute atomic E-state index is 12.9. The molecule has 2 aromatic carbocycles. The van der Waals surface area contributed by atoms with E-state index in [0.717, 1.165) is 36.9 Å². The second-order valence-corrected chi connectivity index (χ2v) is 9.42. The summed E-state index contributed by atoms with van der Waals surface area (Å²) in [5.74, 6) is 1.58. The fourth-order valence-electron chi connectivity index (χ4n) is 5.48. The van der Waals surface area contributed by atoms with Crippen LogP contribution in [0.25, 0.3) is 11.1 Å². The number of piperidine rings is 1. The van der Waals surface area contributed by atoms with Gasteiger partial charge in [0, 0.05) is 30.6 Å². The van der Waals surface area contributed by atoms with Gasteiger partial charge in [-0.05, 0) is 67.7 Å². The number of rotatable bonds is 4. The molecular weight excluding hydrogens is 384 g/mol. The van der Waals surface area contributed by atoms with Crippen LogP contribution in [0.3, 0.4) is 0 Å². The molecule has 0 radical (unpaired) electrons. The third-order valence-electron chi connectivity index (χ3n) is 7.28. The first-order chi connectivity index (χ1) is 15.1. The van der Waals surface area contributed by atoms with Gasteiger partial charge in [0.1, 0.15) is 0 Å². The molecule has 4 heteroatoms. The van der Waals surface area contributed by atoms with E-state index < -0.39 is 0 Å². The lowest BCUT2D eigenvalue weighted by molar-refractivity contribution is -0.139. The molecule has 4 nitrogen and oxygen atoms in total. The molecule has 1 aliphatic heterocycles. The Bertz CT molecular complexity index is 1000. The summed E-state index contributed by atoms with van der Waals surface area (Å²) in [6, 6.07) is 16.5. The Hall–Kier alpha value is -2.88. The Labute approximate surface area is 184 Å². The van der Waals surface area contributed by atoms with Gasteiger partial charge >= 0.3 is 0 Å². The van der Waals surface area contributed by atoms with E-state index in [1.807, 2.05) is 17.0 Å². The summed E-state index contributed by atoms with van der Waals surface area (Å²) in [5, 5.41) is 3.07. The van der Waals surface area contributed by atoms with Gasteiger partial charge in [-0.3, -0.25) is 9.59 Å². The fourth-order valence-corrected chi connectivity index (χ4v) is 5.48. The lowest BCUT2D eigenvalue weighted by Gasteiger charge is -2.34. The number of carbonyl (C=O) groups is 2. The fraction of sp³-hybridized carbons (Fsp3) is 0.407. The standard InChI is InChI=1S/C27H30N2O2/c1-18-3-2-4-22(15-18)20-7-9-24(10-8-20)28-26(30)21-11-13-29(14-12-21)27(31)25-17-19-5-6-23(25)16-19/h2-10,15,19,21,23,25H,11-14,16-17H2,1H3,(H,28,30)/t19-,23+,25-/m1/s1. The van der Waals surface area contributed by atoms with Crippen molar-refractivity contribution in [1.29, 1.82) is 0 Å². The van der Waals surface area contributed by atoms with Crippen LogP contribution in [0.15, 0.2) is 60.7 Å². The molecule has 5 rings (SSSR count). The molecule has 160 valence electrons. The maximum atomic E-state index is 12.9. The highest BCUT2D eigenvalue weighted by Gasteiger charge is 2.42. The molecule has 2 fully saturated rings. The molecule has 2 amide bonds. The molecule has 0 unspecified atom stereocenters. The maximum Gasteiger partial charge on any atom is 0.227 e. The first-order valence-electron chi connectivity index (χ1n) is 11.5. The molecule has 1 N–H and O–H groups in total. The molecule has 3 aliphatic rings. The van der Waals surface area contributed by atoms with Crippen molar-refractivity contribution in [2.75, 3.05) is 18.4 Å². The van der Waals surface area contributed by atoms with E-state index in [0.29, 0.717) is 30.8 Å². The number of allylic oxidation sites excluding steroid dienone is 2. The minimum Gasteiger partial charge on any atom is -0.342 e. The number of aryl methyl sites for hydroxylation is 1. The van der Waals surface area contributed by atoms with Gasteiger partial charge in [0.05, 0.1) is 0 Å². The summed E-state index contributed by atoms with van der Waals surface area (Å²) in [4.78, 5) is 27.7. The Balaban J connectivity index is 1.14. The van der Waals surface area contributed by atoms with Crippen molar-refractivity contribution in [3.63, 3.8) is 0 Å². The summed E-state index contributed by atoms with van der Waals surface area (Å²) in [5.41, 5.74) is 4.38. The zero-order valence-electron chi connectivity index (χ0n) is 18.1. The molecule has 2 bridgehead atoms. The first-order valence-corrected chi connectivity index (χ1v) is 11.5. The average molecular weight is 415 g/mol. The molecule has 1 heterocycles. The van der Waals surface area contributed by atoms with Crippen molar-refractivity contribution in [2.24, 2.45) is 23.7 Å². The van der Waals surface area contributed by atoms with Crippen LogP contribution in [0.4, 0.5) is 5.69 Å². The van der Waals surface area contributed by atoms with Gasteiger partial charge in [-0.2, -0.15) is 0 Å². The number of nitrogens with one attached hydrogen (secondary N) is 1. The van der Waals surface area contributed by atoms with Gasteiger partial charge < -0.3 is 10.2 Å². The molecule has 3 atom stereocenters. The predicted octanol–water partition coefficient (Wildman–Crippen LogP) is 5.05. The second kappa shape index (κ2) is 8.33. The summed E-state index contributed by atoms with van der Waals surface area (Å²) in [6.45, 7) is 3.48. The van der Waals surface area contributed by atoms with Crippen LogP contribution in [0.2, 0.25) is 0 Å². The van der Waals surface area contributed by atoms with Gasteiger partial charge in [0.25, 0.3) is 0 Å². The van der Waals surface area contributed by atoms with E-state index in [4.69, 9.17) is 0 Å². The van der Waals surface area contributed by atoms with E-state index in [1.54, 1.807) is 0 Å². The van der Waals surface area contributed by atoms with Gasteiger partial charge in [-0.25, -0.2) is 0 Å². The highest BCUT2D eigenvalue weighted by Crippen LogP contribution is 2.44. The minimum atomic E-state index is -0.0274. The largest absolute Gasteiger partial charge is 0.342 e. The first kappa shape index (κ1) is 20.0. The Morgan fingerprint density at radius 1 is 0.935 bits per heavy atom. The number of hydrogen-bond acceptors (Lipinski definition) is 2. The van der Waals surface area contributed by atoms with E-state index in [1.165, 1.54) is 11.1 Å². The van der Waals surface area contributed by atoms with Crippen molar-refractivity contribution in [3.05, 3.63) is 66.2 Å². The molecule has 1 saturated carbocycles. The van der Waals surface area contributed by atoms with Crippen LogP contribution < -0.4 is 5.32 Å². The summed E-state index contributed by atoms with van der Waals surface area (Å²) >= 11 is 0. The summed E-state index contributed by atoms with van der Waals surface area (Å²) in [7, 11) is 0. The highest BCUT2D eigenvalue weighted by atomic mass is 16.2. The molecule has 2 aromatic rings. The SMILES string of the molecule is Cc1cccc(-c2ccc(NC(=O)C3CCN(C(=O)[C@@H]4C[C@@H]5C=C[C@H]4C5)CC3)cc2)c1.